The maximum atomic E-state index is 10.5. The van der Waals surface area contributed by atoms with Gasteiger partial charge in [-0.15, -0.1) is 0 Å². The molecule has 0 radical (unpaired) electrons. The zero-order valence-corrected chi connectivity index (χ0v) is 21.4. The molecule has 0 spiro atoms. The Hall–Kier alpha value is -2.65. The van der Waals surface area contributed by atoms with Gasteiger partial charge in [-0.3, -0.25) is 0 Å². The number of aryl methyl sites for hydroxylation is 1. The summed E-state index contributed by atoms with van der Waals surface area (Å²) in [4.78, 5) is 0. The monoisotopic (exact) mass is 528 g/mol. The summed E-state index contributed by atoms with van der Waals surface area (Å²) in [6.07, 6.45) is -4.53. The van der Waals surface area contributed by atoms with Gasteiger partial charge in [-0.05, 0) is 65.4 Å². The molecule has 0 bridgehead atoms. The van der Waals surface area contributed by atoms with Crippen molar-refractivity contribution in [2.75, 3.05) is 19.8 Å². The second-order valence-electron chi connectivity index (χ2n) is 9.12. The Kier molecular flexibility index (Phi) is 9.43. The predicted octanol–water partition coefficient (Wildman–Crippen LogP) is 3.47. The van der Waals surface area contributed by atoms with Crippen LogP contribution in [0.3, 0.4) is 0 Å². The minimum Gasteiger partial charge on any atom is -0.490 e. The van der Waals surface area contributed by atoms with E-state index in [9.17, 15) is 20.4 Å². The van der Waals surface area contributed by atoms with Crippen molar-refractivity contribution in [3.63, 3.8) is 0 Å². The van der Waals surface area contributed by atoms with Gasteiger partial charge in [-0.1, -0.05) is 54.9 Å². The molecule has 5 atom stereocenters. The number of aliphatic hydroxyl groups is 4. The first-order chi connectivity index (χ1) is 17.9. The summed E-state index contributed by atoms with van der Waals surface area (Å²) in [5, 5.41) is 40.7. The van der Waals surface area contributed by atoms with Crippen LogP contribution in [0, 0.1) is 0 Å². The summed E-state index contributed by atoms with van der Waals surface area (Å²) in [5.41, 5.74) is 3.69. The molecule has 3 aromatic carbocycles. The lowest BCUT2D eigenvalue weighted by Gasteiger charge is -2.40. The number of halogens is 1. The van der Waals surface area contributed by atoms with Crippen LogP contribution in [0.2, 0.25) is 5.02 Å². The van der Waals surface area contributed by atoms with Crippen molar-refractivity contribution >= 4 is 11.6 Å². The number of benzene rings is 3. The molecule has 0 unspecified atom stereocenters. The van der Waals surface area contributed by atoms with E-state index >= 15 is 0 Å². The number of hydrogen-bond donors (Lipinski definition) is 4. The molecule has 1 aliphatic heterocycles. The molecule has 4 rings (SSSR count). The van der Waals surface area contributed by atoms with Crippen molar-refractivity contribution in [1.82, 2.24) is 0 Å². The summed E-state index contributed by atoms with van der Waals surface area (Å²) in [7, 11) is 0. The van der Waals surface area contributed by atoms with Gasteiger partial charge in [0.15, 0.2) is 0 Å². The lowest BCUT2D eigenvalue weighted by molar-refractivity contribution is -0.231. The summed E-state index contributed by atoms with van der Waals surface area (Å²) < 4.78 is 17.2. The Labute approximate surface area is 221 Å². The van der Waals surface area contributed by atoms with E-state index in [0.29, 0.717) is 30.2 Å². The van der Waals surface area contributed by atoms with Gasteiger partial charge < -0.3 is 34.6 Å². The SMILES string of the molecule is CCc1ccc(OCCOc2ccc(Cc3cc([C@@H]4O[C@H](CO)[C@@H](O)[C@H](O)[C@H]4O)ccc3Cl)cc2)cc1. The Balaban J connectivity index is 1.34. The lowest BCUT2D eigenvalue weighted by atomic mass is 9.90. The second kappa shape index (κ2) is 12.7. The van der Waals surface area contributed by atoms with E-state index in [1.54, 1.807) is 12.1 Å². The molecule has 198 valence electrons. The van der Waals surface area contributed by atoms with E-state index in [2.05, 4.69) is 19.1 Å². The van der Waals surface area contributed by atoms with E-state index in [1.807, 2.05) is 42.5 Å². The van der Waals surface area contributed by atoms with Crippen LogP contribution >= 0.6 is 11.6 Å². The first-order valence-electron chi connectivity index (χ1n) is 12.4. The molecule has 1 heterocycles. The van der Waals surface area contributed by atoms with Gasteiger partial charge in [0, 0.05) is 5.02 Å². The van der Waals surface area contributed by atoms with Gasteiger partial charge in [-0.2, -0.15) is 0 Å². The molecule has 3 aromatic rings. The number of rotatable bonds is 10. The number of ether oxygens (including phenoxy) is 3. The van der Waals surface area contributed by atoms with Crippen LogP contribution in [-0.4, -0.2) is 64.7 Å². The minimum atomic E-state index is -1.44. The van der Waals surface area contributed by atoms with E-state index in [-0.39, 0.29) is 0 Å². The predicted molar refractivity (Wildman–Crippen MR) is 140 cm³/mol. The van der Waals surface area contributed by atoms with Gasteiger partial charge >= 0.3 is 0 Å². The summed E-state index contributed by atoms with van der Waals surface area (Å²) in [5.74, 6) is 1.55. The van der Waals surface area contributed by atoms with Crippen molar-refractivity contribution in [3.8, 4) is 11.5 Å². The highest BCUT2D eigenvalue weighted by Gasteiger charge is 2.44. The first-order valence-corrected chi connectivity index (χ1v) is 12.8. The third kappa shape index (κ3) is 6.82. The Morgan fingerprint density at radius 1 is 0.784 bits per heavy atom. The van der Waals surface area contributed by atoms with Crippen LogP contribution in [0.5, 0.6) is 11.5 Å². The van der Waals surface area contributed by atoms with Crippen LogP contribution in [-0.2, 0) is 17.6 Å². The quantitative estimate of drug-likeness (QED) is 0.298. The zero-order valence-electron chi connectivity index (χ0n) is 20.7. The van der Waals surface area contributed by atoms with Gasteiger partial charge in [-0.25, -0.2) is 0 Å². The molecule has 1 saturated heterocycles. The zero-order chi connectivity index (χ0) is 26.4. The van der Waals surface area contributed by atoms with E-state index in [0.717, 1.165) is 29.0 Å². The average molecular weight is 529 g/mol. The Morgan fingerprint density at radius 2 is 1.38 bits per heavy atom. The highest BCUT2D eigenvalue weighted by atomic mass is 35.5. The van der Waals surface area contributed by atoms with Gasteiger partial charge in [0.25, 0.3) is 0 Å². The van der Waals surface area contributed by atoms with Crippen molar-refractivity contribution in [3.05, 3.63) is 94.0 Å². The normalized spacial score (nSPS) is 23.6. The third-order valence-electron chi connectivity index (χ3n) is 6.56. The Morgan fingerprint density at radius 3 is 1.95 bits per heavy atom. The van der Waals surface area contributed by atoms with Gasteiger partial charge in [0.1, 0.15) is 55.2 Å². The maximum absolute atomic E-state index is 10.5. The molecule has 0 saturated carbocycles. The number of aliphatic hydroxyl groups excluding tert-OH is 4. The van der Waals surface area contributed by atoms with E-state index in [1.165, 1.54) is 5.56 Å². The van der Waals surface area contributed by atoms with Gasteiger partial charge in [0.05, 0.1) is 6.61 Å². The highest BCUT2D eigenvalue weighted by molar-refractivity contribution is 6.31. The van der Waals surface area contributed by atoms with Crippen molar-refractivity contribution < 1.29 is 34.6 Å². The fourth-order valence-electron chi connectivity index (χ4n) is 4.35. The van der Waals surface area contributed by atoms with Crippen LogP contribution in [0.1, 0.15) is 35.3 Å². The molecule has 7 nitrogen and oxygen atoms in total. The maximum Gasteiger partial charge on any atom is 0.122 e. The minimum absolute atomic E-state index is 0.418. The van der Waals surface area contributed by atoms with Crippen LogP contribution in [0.25, 0.3) is 0 Å². The molecule has 37 heavy (non-hydrogen) atoms. The Bertz CT molecular complexity index is 1130. The van der Waals surface area contributed by atoms with Crippen LogP contribution in [0.4, 0.5) is 0 Å². The third-order valence-corrected chi connectivity index (χ3v) is 6.93. The van der Waals surface area contributed by atoms with Crippen LogP contribution in [0.15, 0.2) is 66.7 Å². The summed E-state index contributed by atoms with van der Waals surface area (Å²) >= 11 is 6.44. The largest absolute Gasteiger partial charge is 0.490 e. The standard InChI is InChI=1S/C29H33ClO7/c1-2-18-3-8-22(9-4-18)35-13-14-36-23-10-5-19(6-11-23)15-21-16-20(7-12-24(21)30)29-28(34)27(33)26(32)25(17-31)37-29/h3-12,16,25-29,31-34H,2,13-15,17H2,1H3/t25-,26-,27+,28-,29+/m1/s1. The second-order valence-corrected chi connectivity index (χ2v) is 9.52. The summed E-state index contributed by atoms with van der Waals surface area (Å²) in [6, 6.07) is 21.0. The molecule has 1 fully saturated rings. The molecule has 0 aliphatic carbocycles. The average Bonchev–Trinajstić information content (AvgIpc) is 2.92. The fourth-order valence-corrected chi connectivity index (χ4v) is 4.53. The van der Waals surface area contributed by atoms with E-state index < -0.39 is 37.1 Å². The summed E-state index contributed by atoms with van der Waals surface area (Å²) in [6.45, 7) is 2.49. The molecule has 8 heteroatoms. The molecular weight excluding hydrogens is 496 g/mol. The fraction of sp³-hybridized carbons (Fsp3) is 0.379. The molecule has 1 aliphatic rings. The van der Waals surface area contributed by atoms with Crippen molar-refractivity contribution in [1.29, 1.82) is 0 Å². The molecule has 0 amide bonds. The van der Waals surface area contributed by atoms with E-state index in [4.69, 9.17) is 25.8 Å². The molecule has 4 N–H and O–H groups in total. The smallest absolute Gasteiger partial charge is 0.122 e. The molecule has 0 aromatic heterocycles. The molecular formula is C29H33ClO7. The number of hydrogen-bond acceptors (Lipinski definition) is 7. The van der Waals surface area contributed by atoms with Crippen molar-refractivity contribution in [2.24, 2.45) is 0 Å². The first kappa shape index (κ1) is 27.4. The van der Waals surface area contributed by atoms with Gasteiger partial charge in [0.2, 0.25) is 0 Å². The van der Waals surface area contributed by atoms with Crippen molar-refractivity contribution in [2.45, 2.75) is 50.3 Å². The highest BCUT2D eigenvalue weighted by Crippen LogP contribution is 2.34. The topological polar surface area (TPSA) is 109 Å². The lowest BCUT2D eigenvalue weighted by Crippen LogP contribution is -2.55. The van der Waals surface area contributed by atoms with Crippen LogP contribution < -0.4 is 9.47 Å².